The first-order chi connectivity index (χ1) is 15.1. The van der Waals surface area contributed by atoms with E-state index in [-0.39, 0.29) is 5.91 Å². The number of carbonyl (C=O) groups excluding carboxylic acids is 1. The third-order valence-corrected chi connectivity index (χ3v) is 5.69. The summed E-state index contributed by atoms with van der Waals surface area (Å²) in [6, 6.07) is 20.3. The van der Waals surface area contributed by atoms with Crippen molar-refractivity contribution in [2.75, 3.05) is 0 Å². The first-order valence-corrected chi connectivity index (χ1v) is 10.4. The number of aromatic nitrogens is 3. The molecule has 0 aliphatic carbocycles. The van der Waals surface area contributed by atoms with Gasteiger partial charge in [-0.15, -0.1) is 0 Å². The van der Waals surface area contributed by atoms with Crippen molar-refractivity contribution in [2.24, 2.45) is 0 Å². The normalized spacial score (nSPS) is 13.2. The lowest BCUT2D eigenvalue weighted by atomic mass is 10.1. The Labute approximate surface area is 181 Å². The van der Waals surface area contributed by atoms with Gasteiger partial charge < -0.3 is 9.47 Å². The molecule has 0 atom stereocenters. The van der Waals surface area contributed by atoms with Crippen LogP contribution in [0.15, 0.2) is 79.1 Å². The summed E-state index contributed by atoms with van der Waals surface area (Å²) in [4.78, 5) is 14.7. The average molecular weight is 409 g/mol. The van der Waals surface area contributed by atoms with Gasteiger partial charge in [-0.3, -0.25) is 4.79 Å². The van der Waals surface area contributed by atoms with E-state index >= 15 is 0 Å². The molecule has 0 spiro atoms. The lowest BCUT2D eigenvalue weighted by Crippen LogP contribution is -2.24. The van der Waals surface area contributed by atoms with Crippen molar-refractivity contribution in [1.29, 1.82) is 0 Å². The van der Waals surface area contributed by atoms with Crippen LogP contribution in [0.25, 0.3) is 17.6 Å². The molecule has 0 saturated carbocycles. The fourth-order valence-electron chi connectivity index (χ4n) is 4.15. The van der Waals surface area contributed by atoms with Gasteiger partial charge in [-0.25, -0.2) is 4.68 Å². The van der Waals surface area contributed by atoms with E-state index in [1.807, 2.05) is 70.5 Å². The molecule has 4 aromatic rings. The molecule has 5 nitrogen and oxygen atoms in total. The molecule has 5 heteroatoms. The lowest BCUT2D eigenvalue weighted by molar-refractivity contribution is -0.126. The molecule has 154 valence electrons. The van der Waals surface area contributed by atoms with E-state index in [4.69, 9.17) is 5.10 Å². The second kappa shape index (κ2) is 7.76. The van der Waals surface area contributed by atoms with Gasteiger partial charge in [0.15, 0.2) is 0 Å². The van der Waals surface area contributed by atoms with Crippen LogP contribution in [0.2, 0.25) is 0 Å². The molecule has 31 heavy (non-hydrogen) atoms. The van der Waals surface area contributed by atoms with Crippen LogP contribution in [-0.2, 0) is 17.9 Å². The van der Waals surface area contributed by atoms with Crippen molar-refractivity contribution < 1.29 is 4.79 Å². The number of nitrogens with zero attached hydrogens (tertiary/aromatic N) is 4. The van der Waals surface area contributed by atoms with Crippen molar-refractivity contribution in [1.82, 2.24) is 19.2 Å². The summed E-state index contributed by atoms with van der Waals surface area (Å²) in [6.45, 7) is 5.27. The summed E-state index contributed by atoms with van der Waals surface area (Å²) < 4.78 is 4.10. The van der Waals surface area contributed by atoms with E-state index in [1.165, 1.54) is 11.1 Å². The van der Waals surface area contributed by atoms with Crippen molar-refractivity contribution in [3.63, 3.8) is 0 Å². The molecule has 0 saturated heterocycles. The van der Waals surface area contributed by atoms with Gasteiger partial charge in [0.2, 0.25) is 5.91 Å². The third kappa shape index (κ3) is 3.59. The zero-order valence-electron chi connectivity index (χ0n) is 17.7. The number of hydrogen-bond donors (Lipinski definition) is 0. The molecular formula is C26H24N4O. The van der Waals surface area contributed by atoms with Gasteiger partial charge in [-0.05, 0) is 49.2 Å². The van der Waals surface area contributed by atoms with Crippen LogP contribution >= 0.6 is 0 Å². The standard InChI is InChI=1S/C26H24N4O/c1-19-10-12-24(20(2)16-19)30-26(28-14-6-7-15-28)22-17-29(18-23(22)27-30)25(31)13-11-21-8-4-3-5-9-21/h3-16H,17-18H2,1-2H3/b13-11+. The zero-order valence-corrected chi connectivity index (χ0v) is 17.7. The molecule has 2 aromatic heterocycles. The van der Waals surface area contributed by atoms with Crippen LogP contribution in [0.1, 0.15) is 27.9 Å². The van der Waals surface area contributed by atoms with Gasteiger partial charge in [-0.2, -0.15) is 5.10 Å². The quantitative estimate of drug-likeness (QED) is 0.454. The molecule has 0 fully saturated rings. The molecule has 2 aromatic carbocycles. The largest absolute Gasteiger partial charge is 0.329 e. The Kier molecular flexibility index (Phi) is 4.79. The summed E-state index contributed by atoms with van der Waals surface area (Å²) in [5.41, 5.74) is 6.52. The monoisotopic (exact) mass is 408 g/mol. The fraction of sp³-hybridized carbons (Fsp3) is 0.154. The average Bonchev–Trinajstić information content (AvgIpc) is 3.49. The van der Waals surface area contributed by atoms with Gasteiger partial charge >= 0.3 is 0 Å². The van der Waals surface area contributed by atoms with Crippen molar-refractivity contribution in [3.8, 4) is 11.5 Å². The van der Waals surface area contributed by atoms with Crippen molar-refractivity contribution in [3.05, 3.63) is 107 Å². The first-order valence-electron chi connectivity index (χ1n) is 10.4. The molecule has 0 bridgehead atoms. The van der Waals surface area contributed by atoms with Crippen LogP contribution in [0.5, 0.6) is 0 Å². The second-order valence-electron chi connectivity index (χ2n) is 7.98. The topological polar surface area (TPSA) is 43.1 Å². The molecular weight excluding hydrogens is 384 g/mol. The van der Waals surface area contributed by atoms with E-state index in [0.717, 1.165) is 28.3 Å². The van der Waals surface area contributed by atoms with Gasteiger partial charge in [-0.1, -0.05) is 48.0 Å². The minimum absolute atomic E-state index is 0.00150. The molecule has 1 aliphatic rings. The van der Waals surface area contributed by atoms with Gasteiger partial charge in [0.05, 0.1) is 24.5 Å². The predicted molar refractivity (Wildman–Crippen MR) is 122 cm³/mol. The molecule has 1 amide bonds. The highest BCUT2D eigenvalue weighted by Crippen LogP contribution is 2.31. The third-order valence-electron chi connectivity index (χ3n) is 5.69. The maximum atomic E-state index is 12.8. The number of rotatable bonds is 4. The smallest absolute Gasteiger partial charge is 0.247 e. The van der Waals surface area contributed by atoms with E-state index in [0.29, 0.717) is 13.1 Å². The highest BCUT2D eigenvalue weighted by atomic mass is 16.2. The summed E-state index contributed by atoms with van der Waals surface area (Å²) in [5, 5.41) is 4.94. The zero-order chi connectivity index (χ0) is 21.4. The number of hydrogen-bond acceptors (Lipinski definition) is 2. The van der Waals surface area contributed by atoms with Crippen LogP contribution in [0.3, 0.4) is 0 Å². The highest BCUT2D eigenvalue weighted by Gasteiger charge is 2.30. The SMILES string of the molecule is Cc1ccc(-n2nc3c(c2-n2cccc2)CN(C(=O)/C=C/c2ccccc2)C3)c(C)c1. The molecule has 5 rings (SSSR count). The first kappa shape index (κ1) is 19.1. The number of carbonyl (C=O) groups is 1. The maximum Gasteiger partial charge on any atom is 0.247 e. The van der Waals surface area contributed by atoms with E-state index in [1.54, 1.807) is 6.08 Å². The van der Waals surface area contributed by atoms with E-state index < -0.39 is 0 Å². The molecule has 1 aliphatic heterocycles. The van der Waals surface area contributed by atoms with Gasteiger partial charge in [0.25, 0.3) is 0 Å². The minimum atomic E-state index is -0.00150. The highest BCUT2D eigenvalue weighted by molar-refractivity contribution is 5.92. The Bertz CT molecular complexity index is 1270. The molecule has 0 unspecified atom stereocenters. The Balaban J connectivity index is 1.48. The van der Waals surface area contributed by atoms with E-state index in [2.05, 4.69) is 36.6 Å². The minimum Gasteiger partial charge on any atom is -0.329 e. The van der Waals surface area contributed by atoms with Crippen molar-refractivity contribution in [2.45, 2.75) is 26.9 Å². The fourth-order valence-corrected chi connectivity index (χ4v) is 4.15. The lowest BCUT2D eigenvalue weighted by Gasteiger charge is -2.17. The number of fused-ring (bicyclic) bond motifs is 1. The van der Waals surface area contributed by atoms with Gasteiger partial charge in [0.1, 0.15) is 5.82 Å². The van der Waals surface area contributed by atoms with Crippen LogP contribution < -0.4 is 0 Å². The summed E-state index contributed by atoms with van der Waals surface area (Å²) in [7, 11) is 0. The summed E-state index contributed by atoms with van der Waals surface area (Å²) in [6.07, 6.45) is 7.56. The number of benzene rings is 2. The molecule has 0 radical (unpaired) electrons. The Morgan fingerprint density at radius 3 is 2.48 bits per heavy atom. The maximum absolute atomic E-state index is 12.8. The van der Waals surface area contributed by atoms with Crippen molar-refractivity contribution >= 4 is 12.0 Å². The Morgan fingerprint density at radius 1 is 0.968 bits per heavy atom. The second-order valence-corrected chi connectivity index (χ2v) is 7.98. The van der Waals surface area contributed by atoms with E-state index in [9.17, 15) is 4.79 Å². The summed E-state index contributed by atoms with van der Waals surface area (Å²) >= 11 is 0. The number of amides is 1. The van der Waals surface area contributed by atoms with Crippen LogP contribution in [0, 0.1) is 13.8 Å². The van der Waals surface area contributed by atoms with Crippen LogP contribution in [0.4, 0.5) is 0 Å². The predicted octanol–water partition coefficient (Wildman–Crippen LogP) is 4.84. The number of aryl methyl sites for hydroxylation is 2. The van der Waals surface area contributed by atoms with Crippen LogP contribution in [-0.4, -0.2) is 25.2 Å². The van der Waals surface area contributed by atoms with Gasteiger partial charge in [0, 0.05) is 24.0 Å². The summed E-state index contributed by atoms with van der Waals surface area (Å²) in [5.74, 6) is 0.993. The Morgan fingerprint density at radius 2 is 1.74 bits per heavy atom. The molecule has 3 heterocycles. The molecule has 0 N–H and O–H groups in total. The Hall–Kier alpha value is -3.86.